The molecule has 9 heteroatoms. The van der Waals surface area contributed by atoms with E-state index in [0.29, 0.717) is 27.5 Å². The first-order chi connectivity index (χ1) is 14.6. The third kappa shape index (κ3) is 3.78. The predicted molar refractivity (Wildman–Crippen MR) is 119 cm³/mol. The zero-order valence-corrected chi connectivity index (χ0v) is 17.3. The van der Waals surface area contributed by atoms with Crippen LogP contribution in [0.25, 0.3) is 10.2 Å². The van der Waals surface area contributed by atoms with Crippen molar-refractivity contribution < 1.29 is 9.53 Å². The van der Waals surface area contributed by atoms with Crippen LogP contribution in [0.4, 0.5) is 16.4 Å². The lowest BCUT2D eigenvalue weighted by Gasteiger charge is -2.33. The topological polar surface area (TPSA) is 119 Å². The van der Waals surface area contributed by atoms with Gasteiger partial charge in [0.05, 0.1) is 40.1 Å². The van der Waals surface area contributed by atoms with Gasteiger partial charge >= 0.3 is 0 Å². The number of carbonyl (C=O) groups excluding carboxylic acids is 1. The van der Waals surface area contributed by atoms with Crippen molar-refractivity contribution in [3.63, 3.8) is 0 Å². The first kappa shape index (κ1) is 19.1. The summed E-state index contributed by atoms with van der Waals surface area (Å²) in [5, 5.41) is 3.42. The Morgan fingerprint density at radius 2 is 2.17 bits per heavy atom. The second kappa shape index (κ2) is 7.73. The highest BCUT2D eigenvalue weighted by Crippen LogP contribution is 2.36. The number of pyridine rings is 2. The smallest absolute Gasteiger partial charge is 0.260 e. The third-order valence-electron chi connectivity index (χ3n) is 5.43. The summed E-state index contributed by atoms with van der Waals surface area (Å²) in [5.41, 5.74) is 14.9. The summed E-state index contributed by atoms with van der Waals surface area (Å²) in [7, 11) is 0. The number of aromatic nitrogens is 2. The number of hydrogen-bond acceptors (Lipinski definition) is 8. The SMILES string of the molecule is Nc1sc2cc(OC3CC3)cnc2c1C(=O)Nc1cnccc1N1CCCC(N)C1. The second-order valence-corrected chi connectivity index (χ2v) is 8.96. The first-order valence-electron chi connectivity index (χ1n) is 10.2. The Bertz CT molecular complexity index is 1100. The molecule has 5 rings (SSSR count). The van der Waals surface area contributed by atoms with Gasteiger partial charge in [-0.1, -0.05) is 0 Å². The normalized spacial score (nSPS) is 19.1. The number of thiophene rings is 1. The van der Waals surface area contributed by atoms with E-state index in [4.69, 9.17) is 16.2 Å². The molecule has 1 aliphatic carbocycles. The lowest BCUT2D eigenvalue weighted by atomic mass is 10.1. The second-order valence-electron chi connectivity index (χ2n) is 7.87. The molecule has 5 N–H and O–H groups in total. The van der Waals surface area contributed by atoms with Gasteiger partial charge < -0.3 is 26.4 Å². The molecule has 0 spiro atoms. The molecular formula is C21H24N6O2S. The van der Waals surface area contributed by atoms with Crippen LogP contribution in [-0.4, -0.2) is 41.1 Å². The molecule has 1 saturated heterocycles. The molecule has 2 aliphatic rings. The molecule has 30 heavy (non-hydrogen) atoms. The summed E-state index contributed by atoms with van der Waals surface area (Å²) >= 11 is 1.34. The van der Waals surface area contributed by atoms with Crippen molar-refractivity contribution in [3.05, 3.63) is 36.3 Å². The van der Waals surface area contributed by atoms with Gasteiger partial charge in [0.15, 0.2) is 0 Å². The maximum atomic E-state index is 13.2. The van der Waals surface area contributed by atoms with Crippen LogP contribution in [-0.2, 0) is 0 Å². The minimum atomic E-state index is -0.294. The fourth-order valence-corrected chi connectivity index (χ4v) is 4.77. The van der Waals surface area contributed by atoms with E-state index < -0.39 is 0 Å². The molecule has 1 amide bonds. The summed E-state index contributed by atoms with van der Waals surface area (Å²) in [4.78, 5) is 24.0. The Morgan fingerprint density at radius 1 is 1.30 bits per heavy atom. The van der Waals surface area contributed by atoms with Crippen LogP contribution in [0.5, 0.6) is 5.75 Å². The Morgan fingerprint density at radius 3 is 2.97 bits per heavy atom. The molecule has 1 saturated carbocycles. The van der Waals surface area contributed by atoms with Crippen molar-refractivity contribution in [3.8, 4) is 5.75 Å². The Labute approximate surface area is 178 Å². The van der Waals surface area contributed by atoms with Gasteiger partial charge in [-0.05, 0) is 31.7 Å². The van der Waals surface area contributed by atoms with Gasteiger partial charge in [0, 0.05) is 31.4 Å². The zero-order chi connectivity index (χ0) is 20.7. The third-order valence-corrected chi connectivity index (χ3v) is 6.38. The number of nitrogens with two attached hydrogens (primary N) is 2. The predicted octanol–water partition coefficient (Wildman–Crippen LogP) is 2.99. The van der Waals surface area contributed by atoms with Crippen LogP contribution >= 0.6 is 11.3 Å². The molecule has 2 fully saturated rings. The van der Waals surface area contributed by atoms with Crippen LogP contribution in [0.15, 0.2) is 30.7 Å². The van der Waals surface area contributed by atoms with Crippen LogP contribution in [0.3, 0.4) is 0 Å². The lowest BCUT2D eigenvalue weighted by molar-refractivity contribution is 0.102. The fraction of sp³-hybridized carbons (Fsp3) is 0.381. The number of nitrogens with one attached hydrogen (secondary N) is 1. The van der Waals surface area contributed by atoms with Gasteiger partial charge in [0.2, 0.25) is 0 Å². The summed E-state index contributed by atoms with van der Waals surface area (Å²) in [6, 6.07) is 3.94. The maximum Gasteiger partial charge on any atom is 0.260 e. The average molecular weight is 425 g/mol. The molecule has 3 aromatic rings. The van der Waals surface area contributed by atoms with E-state index in [1.165, 1.54) is 11.3 Å². The highest BCUT2D eigenvalue weighted by Gasteiger charge is 2.26. The van der Waals surface area contributed by atoms with Crippen molar-refractivity contribution in [2.45, 2.75) is 37.8 Å². The highest BCUT2D eigenvalue weighted by atomic mass is 32.1. The summed E-state index contributed by atoms with van der Waals surface area (Å²) in [5.74, 6) is 0.423. The van der Waals surface area contributed by atoms with Crippen molar-refractivity contribution >= 4 is 43.8 Å². The summed E-state index contributed by atoms with van der Waals surface area (Å²) < 4.78 is 6.65. The van der Waals surface area contributed by atoms with Crippen molar-refractivity contribution in [2.75, 3.05) is 29.0 Å². The van der Waals surface area contributed by atoms with E-state index >= 15 is 0 Å². The standard InChI is InChI=1S/C21H24N6O2S/c22-12-2-1-7-27(11-12)16-5-6-24-10-15(16)26-21(28)18-19-17(30-20(18)23)8-14(9-25-19)29-13-3-4-13/h5-6,8-10,12-13H,1-4,7,11,22-23H2,(H,26,28). The summed E-state index contributed by atoms with van der Waals surface area (Å²) in [6.45, 7) is 1.65. The van der Waals surface area contributed by atoms with E-state index in [0.717, 1.165) is 49.2 Å². The first-order valence-corrected chi connectivity index (χ1v) is 11.0. The number of anilines is 3. The number of ether oxygens (including phenoxy) is 1. The Kier molecular flexibility index (Phi) is 4.92. The van der Waals surface area contributed by atoms with Gasteiger partial charge in [-0.15, -0.1) is 11.3 Å². The highest BCUT2D eigenvalue weighted by molar-refractivity contribution is 7.23. The molecule has 4 heterocycles. The number of fused-ring (bicyclic) bond motifs is 1. The maximum absolute atomic E-state index is 13.2. The molecule has 8 nitrogen and oxygen atoms in total. The van der Waals surface area contributed by atoms with Crippen molar-refractivity contribution in [2.24, 2.45) is 5.73 Å². The molecule has 3 aromatic heterocycles. The van der Waals surface area contributed by atoms with Crippen LogP contribution in [0.2, 0.25) is 0 Å². The Hall–Kier alpha value is -2.91. The van der Waals surface area contributed by atoms with E-state index in [9.17, 15) is 4.79 Å². The molecular weight excluding hydrogens is 400 g/mol. The monoisotopic (exact) mass is 424 g/mol. The number of piperidine rings is 1. The number of amides is 1. The largest absolute Gasteiger partial charge is 0.489 e. The van der Waals surface area contributed by atoms with Crippen LogP contribution in [0, 0.1) is 0 Å². The van der Waals surface area contributed by atoms with Gasteiger partial charge in [0.25, 0.3) is 5.91 Å². The van der Waals surface area contributed by atoms with Crippen molar-refractivity contribution in [1.82, 2.24) is 9.97 Å². The summed E-state index contributed by atoms with van der Waals surface area (Å²) in [6.07, 6.45) is 9.52. The van der Waals surface area contributed by atoms with Crippen molar-refractivity contribution in [1.29, 1.82) is 0 Å². The number of nitrogens with zero attached hydrogens (tertiary/aromatic N) is 3. The quantitative estimate of drug-likeness (QED) is 0.576. The Balaban J connectivity index is 1.42. The fourth-order valence-electron chi connectivity index (χ4n) is 3.81. The van der Waals surface area contributed by atoms with E-state index in [-0.39, 0.29) is 18.1 Å². The molecule has 0 radical (unpaired) electrons. The molecule has 1 unspecified atom stereocenters. The van der Waals surface area contributed by atoms with Crippen LogP contribution < -0.4 is 26.4 Å². The molecule has 156 valence electrons. The zero-order valence-electron chi connectivity index (χ0n) is 16.5. The number of rotatable bonds is 5. The van der Waals surface area contributed by atoms with Gasteiger partial charge in [-0.25, -0.2) is 0 Å². The van der Waals surface area contributed by atoms with E-state index in [1.807, 2.05) is 12.1 Å². The average Bonchev–Trinajstić information content (AvgIpc) is 3.47. The molecule has 1 atom stereocenters. The minimum absolute atomic E-state index is 0.128. The van der Waals surface area contributed by atoms with Crippen LogP contribution in [0.1, 0.15) is 36.0 Å². The van der Waals surface area contributed by atoms with Gasteiger partial charge in [-0.2, -0.15) is 0 Å². The van der Waals surface area contributed by atoms with Gasteiger partial charge in [0.1, 0.15) is 16.3 Å². The number of nitrogen functional groups attached to an aromatic ring is 1. The van der Waals surface area contributed by atoms with E-state index in [1.54, 1.807) is 18.6 Å². The number of carbonyl (C=O) groups is 1. The number of hydrogen-bond donors (Lipinski definition) is 3. The lowest BCUT2D eigenvalue weighted by Crippen LogP contribution is -2.43. The molecule has 0 aromatic carbocycles. The minimum Gasteiger partial charge on any atom is -0.489 e. The van der Waals surface area contributed by atoms with Gasteiger partial charge in [-0.3, -0.25) is 14.8 Å². The van der Waals surface area contributed by atoms with E-state index in [2.05, 4.69) is 20.2 Å². The molecule has 0 bridgehead atoms. The molecule has 1 aliphatic heterocycles.